The largest absolute Gasteiger partial charge is 0.377 e. The molecule has 1 fully saturated rings. The smallest absolute Gasteiger partial charge is 0.0325 e. The molecule has 2 unspecified atom stereocenters. The Kier molecular flexibility index (Phi) is 1.24. The second kappa shape index (κ2) is 1.99. The van der Waals surface area contributed by atoms with E-state index in [0.717, 1.165) is 12.6 Å². The van der Waals surface area contributed by atoms with Gasteiger partial charge in [0.25, 0.3) is 0 Å². The highest BCUT2D eigenvalue weighted by molar-refractivity contribution is 5.21. The topological polar surface area (TPSA) is 29.3 Å². The van der Waals surface area contributed by atoms with Crippen molar-refractivity contribution in [3.05, 3.63) is 11.8 Å². The fourth-order valence-electron chi connectivity index (χ4n) is 2.08. The average Bonchev–Trinajstić information content (AvgIpc) is 2.44. The first-order valence-corrected chi connectivity index (χ1v) is 3.94. The van der Waals surface area contributed by atoms with E-state index in [-0.39, 0.29) is 0 Å². The third-order valence-electron chi connectivity index (χ3n) is 2.78. The summed E-state index contributed by atoms with van der Waals surface area (Å²) in [5.41, 5.74) is 7.19. The van der Waals surface area contributed by atoms with Crippen LogP contribution in [-0.4, -0.2) is 24.5 Å². The number of rotatable bonds is 1. The van der Waals surface area contributed by atoms with E-state index >= 15 is 0 Å². The Balaban J connectivity index is 2.17. The van der Waals surface area contributed by atoms with Gasteiger partial charge >= 0.3 is 0 Å². The summed E-state index contributed by atoms with van der Waals surface area (Å²) in [6.45, 7) is 0.843. The molecule has 2 bridgehead atoms. The lowest BCUT2D eigenvalue weighted by atomic mass is 10.0. The zero-order valence-corrected chi connectivity index (χ0v) is 6.38. The molecule has 0 radical (unpaired) electrons. The maximum absolute atomic E-state index is 5.61. The minimum absolute atomic E-state index is 0.709. The van der Waals surface area contributed by atoms with Crippen LogP contribution in [0.25, 0.3) is 0 Å². The predicted octanol–water partition coefficient (Wildman–Crippen LogP) is 0.553. The normalized spacial score (nSPS) is 37.0. The molecule has 0 aromatic carbocycles. The fourth-order valence-corrected chi connectivity index (χ4v) is 2.08. The van der Waals surface area contributed by atoms with Gasteiger partial charge < -0.3 is 10.6 Å². The van der Waals surface area contributed by atoms with E-state index in [9.17, 15) is 0 Å². The zero-order valence-electron chi connectivity index (χ0n) is 6.38. The van der Waals surface area contributed by atoms with Crippen molar-refractivity contribution < 1.29 is 0 Å². The molecule has 1 heterocycles. The minimum atomic E-state index is 0.709. The highest BCUT2D eigenvalue weighted by atomic mass is 15.1. The van der Waals surface area contributed by atoms with Crippen molar-refractivity contribution >= 4 is 0 Å². The van der Waals surface area contributed by atoms with Gasteiger partial charge in [-0.2, -0.15) is 0 Å². The Bertz CT molecular complexity index is 174. The minimum Gasteiger partial charge on any atom is -0.377 e. The summed E-state index contributed by atoms with van der Waals surface area (Å²) in [4.78, 5) is 2.32. The van der Waals surface area contributed by atoms with Crippen LogP contribution in [0.5, 0.6) is 0 Å². The summed E-state index contributed by atoms with van der Waals surface area (Å²) < 4.78 is 0. The lowest BCUT2D eigenvalue weighted by molar-refractivity contribution is 0.326. The lowest BCUT2D eigenvalue weighted by Gasteiger charge is -2.23. The van der Waals surface area contributed by atoms with Gasteiger partial charge in [-0.15, -0.1) is 0 Å². The van der Waals surface area contributed by atoms with Crippen molar-refractivity contribution in [1.82, 2.24) is 4.90 Å². The molecule has 2 rings (SSSR count). The van der Waals surface area contributed by atoms with E-state index in [4.69, 9.17) is 5.73 Å². The molecule has 10 heavy (non-hydrogen) atoms. The second-order valence-electron chi connectivity index (χ2n) is 3.40. The summed E-state index contributed by atoms with van der Waals surface area (Å²) in [6, 6.07) is 0.781. The maximum Gasteiger partial charge on any atom is 0.0325 e. The van der Waals surface area contributed by atoms with Gasteiger partial charge in [-0.3, -0.25) is 0 Å². The Labute approximate surface area is 61.7 Å². The summed E-state index contributed by atoms with van der Waals surface area (Å²) in [6.07, 6.45) is 4.84. The number of hydrogen-bond acceptors (Lipinski definition) is 2. The second-order valence-corrected chi connectivity index (χ2v) is 3.40. The molecule has 0 spiro atoms. The van der Waals surface area contributed by atoms with Crippen LogP contribution in [0.15, 0.2) is 11.8 Å². The zero-order chi connectivity index (χ0) is 7.14. The molecule has 1 aliphatic heterocycles. The van der Waals surface area contributed by atoms with Crippen LogP contribution >= 0.6 is 0 Å². The van der Waals surface area contributed by atoms with Crippen LogP contribution < -0.4 is 5.73 Å². The van der Waals surface area contributed by atoms with Gasteiger partial charge in [-0.1, -0.05) is 0 Å². The first-order chi connectivity index (χ1) is 4.81. The Morgan fingerprint density at radius 2 is 2.60 bits per heavy atom. The SMILES string of the molecule is CN1C=C2CC1CC2CN. The predicted molar refractivity (Wildman–Crippen MR) is 41.4 cm³/mol. The Morgan fingerprint density at radius 1 is 1.80 bits per heavy atom. The first kappa shape index (κ1) is 6.23. The average molecular weight is 138 g/mol. The van der Waals surface area contributed by atoms with Gasteiger partial charge in [-0.25, -0.2) is 0 Å². The molecule has 2 heteroatoms. The van der Waals surface area contributed by atoms with Gasteiger partial charge in [0.05, 0.1) is 0 Å². The van der Waals surface area contributed by atoms with E-state index in [0.29, 0.717) is 5.92 Å². The fraction of sp³-hybridized carbons (Fsp3) is 0.750. The summed E-state index contributed by atoms with van der Waals surface area (Å²) in [7, 11) is 2.16. The van der Waals surface area contributed by atoms with Crippen molar-refractivity contribution in [1.29, 1.82) is 0 Å². The number of hydrogen-bond donors (Lipinski definition) is 1. The van der Waals surface area contributed by atoms with Gasteiger partial charge in [0.2, 0.25) is 0 Å². The molecule has 1 saturated carbocycles. The van der Waals surface area contributed by atoms with E-state index in [2.05, 4.69) is 18.1 Å². The standard InChI is InChI=1S/C8H14N2/c1-10-5-7-3-8(10)2-6(7)4-9/h5-6,8H,2-4,9H2,1H3. The third kappa shape index (κ3) is 0.686. The molecule has 0 amide bonds. The first-order valence-electron chi connectivity index (χ1n) is 3.94. The van der Waals surface area contributed by atoms with Crippen molar-refractivity contribution in [2.24, 2.45) is 11.7 Å². The Hall–Kier alpha value is -0.500. The molecule has 2 aliphatic rings. The molecule has 0 aromatic heterocycles. The number of nitrogens with two attached hydrogens (primary N) is 1. The van der Waals surface area contributed by atoms with Crippen molar-refractivity contribution in [3.8, 4) is 0 Å². The van der Waals surface area contributed by atoms with E-state index in [1.807, 2.05) is 0 Å². The van der Waals surface area contributed by atoms with Crippen molar-refractivity contribution in [2.45, 2.75) is 18.9 Å². The molecular formula is C8H14N2. The molecule has 0 aromatic rings. The summed E-state index contributed by atoms with van der Waals surface area (Å²) in [5.74, 6) is 0.709. The van der Waals surface area contributed by atoms with Crippen LogP contribution in [-0.2, 0) is 0 Å². The lowest BCUT2D eigenvalue weighted by Crippen LogP contribution is -2.26. The van der Waals surface area contributed by atoms with Crippen LogP contribution in [0, 0.1) is 5.92 Å². The van der Waals surface area contributed by atoms with E-state index in [1.165, 1.54) is 12.8 Å². The molecule has 0 saturated heterocycles. The van der Waals surface area contributed by atoms with Gasteiger partial charge in [0, 0.05) is 13.1 Å². The van der Waals surface area contributed by atoms with Crippen LogP contribution in [0.3, 0.4) is 0 Å². The monoisotopic (exact) mass is 138 g/mol. The number of nitrogens with zero attached hydrogens (tertiary/aromatic N) is 1. The van der Waals surface area contributed by atoms with Crippen LogP contribution in [0.1, 0.15) is 12.8 Å². The van der Waals surface area contributed by atoms with Gasteiger partial charge in [-0.05, 0) is 37.1 Å². The Morgan fingerprint density at radius 3 is 3.00 bits per heavy atom. The molecule has 2 atom stereocenters. The number of fused-ring (bicyclic) bond motifs is 2. The molecule has 1 aliphatic carbocycles. The van der Waals surface area contributed by atoms with E-state index < -0.39 is 0 Å². The summed E-state index contributed by atoms with van der Waals surface area (Å²) >= 11 is 0. The van der Waals surface area contributed by atoms with E-state index in [1.54, 1.807) is 5.57 Å². The summed E-state index contributed by atoms with van der Waals surface area (Å²) in [5, 5.41) is 0. The van der Waals surface area contributed by atoms with Crippen LogP contribution in [0.2, 0.25) is 0 Å². The highest BCUT2D eigenvalue weighted by Gasteiger charge is 2.34. The van der Waals surface area contributed by atoms with Crippen molar-refractivity contribution in [3.63, 3.8) is 0 Å². The molecular weight excluding hydrogens is 124 g/mol. The third-order valence-corrected chi connectivity index (χ3v) is 2.78. The van der Waals surface area contributed by atoms with Gasteiger partial charge in [0.15, 0.2) is 0 Å². The maximum atomic E-state index is 5.61. The molecule has 2 N–H and O–H groups in total. The highest BCUT2D eigenvalue weighted by Crippen LogP contribution is 2.38. The molecule has 2 nitrogen and oxygen atoms in total. The van der Waals surface area contributed by atoms with Crippen LogP contribution in [0.4, 0.5) is 0 Å². The quantitative estimate of drug-likeness (QED) is 0.573. The van der Waals surface area contributed by atoms with Gasteiger partial charge in [0.1, 0.15) is 0 Å². The molecule has 56 valence electrons. The van der Waals surface area contributed by atoms with Crippen molar-refractivity contribution in [2.75, 3.05) is 13.6 Å².